The molecule has 0 saturated heterocycles. The molecule has 0 spiro atoms. The zero-order chi connectivity index (χ0) is 14.7. The van der Waals surface area contributed by atoms with Gasteiger partial charge in [-0.2, -0.15) is 18.4 Å². The van der Waals surface area contributed by atoms with Crippen molar-refractivity contribution in [2.24, 2.45) is 11.3 Å². The van der Waals surface area contributed by atoms with E-state index in [0.717, 1.165) is 25.7 Å². The number of halogens is 3. The second-order valence-corrected chi connectivity index (χ2v) is 6.11. The Morgan fingerprint density at radius 3 is 2.21 bits per heavy atom. The summed E-state index contributed by atoms with van der Waals surface area (Å²) in [6, 6.07) is 2.24. The Balaban J connectivity index is 2.59. The van der Waals surface area contributed by atoms with Gasteiger partial charge in [0.25, 0.3) is 0 Å². The van der Waals surface area contributed by atoms with Crippen molar-refractivity contribution in [3.63, 3.8) is 0 Å². The molecule has 1 aliphatic rings. The molecule has 19 heavy (non-hydrogen) atoms. The van der Waals surface area contributed by atoms with Gasteiger partial charge in [-0.15, -0.1) is 0 Å². The molecule has 0 radical (unpaired) electrons. The Morgan fingerprint density at radius 1 is 1.32 bits per heavy atom. The smallest absolute Gasteiger partial charge is 0.295 e. The quantitative estimate of drug-likeness (QED) is 0.776. The lowest BCUT2D eigenvalue weighted by Crippen LogP contribution is -2.44. The lowest BCUT2D eigenvalue weighted by Gasteiger charge is -2.44. The van der Waals surface area contributed by atoms with Crippen molar-refractivity contribution in [2.75, 3.05) is 13.6 Å². The van der Waals surface area contributed by atoms with E-state index in [1.165, 1.54) is 4.90 Å². The SMILES string of the molecule is CC(C)[C@]1(CC#N)CC[C@@H](N(C)CC(F)(F)F)CC1. The minimum absolute atomic E-state index is 0.00429. The topological polar surface area (TPSA) is 27.0 Å². The van der Waals surface area contributed by atoms with Crippen molar-refractivity contribution in [3.8, 4) is 6.07 Å². The second-order valence-electron chi connectivity index (χ2n) is 6.11. The minimum Gasteiger partial charge on any atom is -0.295 e. The highest BCUT2D eigenvalue weighted by atomic mass is 19.4. The Bertz CT molecular complexity index is 323. The molecule has 2 nitrogen and oxygen atoms in total. The van der Waals surface area contributed by atoms with Gasteiger partial charge in [0.15, 0.2) is 0 Å². The van der Waals surface area contributed by atoms with Gasteiger partial charge in [0.2, 0.25) is 0 Å². The highest BCUT2D eigenvalue weighted by Gasteiger charge is 2.40. The summed E-state index contributed by atoms with van der Waals surface area (Å²) in [5.41, 5.74) is 0.00429. The fourth-order valence-electron chi connectivity index (χ4n) is 3.15. The van der Waals surface area contributed by atoms with Crippen molar-refractivity contribution in [2.45, 2.75) is 58.2 Å². The molecule has 1 rings (SSSR count). The molecule has 0 heterocycles. The Morgan fingerprint density at radius 2 is 1.84 bits per heavy atom. The third-order valence-electron chi connectivity index (χ3n) is 4.66. The number of hydrogen-bond acceptors (Lipinski definition) is 2. The summed E-state index contributed by atoms with van der Waals surface area (Å²) in [5, 5.41) is 8.95. The van der Waals surface area contributed by atoms with Crippen molar-refractivity contribution < 1.29 is 13.2 Å². The van der Waals surface area contributed by atoms with E-state index in [-0.39, 0.29) is 11.5 Å². The molecule has 0 aromatic rings. The van der Waals surface area contributed by atoms with Crippen LogP contribution in [0.4, 0.5) is 13.2 Å². The van der Waals surface area contributed by atoms with Gasteiger partial charge < -0.3 is 0 Å². The molecular formula is C14H23F3N2. The number of alkyl halides is 3. The standard InChI is InChI=1S/C14H23F3N2/c1-11(2)13(8-9-18)6-4-12(5-7-13)19(3)10-14(15,16)17/h11-12H,4-8,10H2,1-3H3/t12-,13-. The highest BCUT2D eigenvalue weighted by Crippen LogP contribution is 2.46. The van der Waals surface area contributed by atoms with Crippen molar-refractivity contribution in [3.05, 3.63) is 0 Å². The second kappa shape index (κ2) is 6.13. The van der Waals surface area contributed by atoms with Crippen molar-refractivity contribution in [1.82, 2.24) is 4.90 Å². The molecular weight excluding hydrogens is 253 g/mol. The number of nitrogens with zero attached hydrogens (tertiary/aromatic N) is 2. The summed E-state index contributed by atoms with van der Waals surface area (Å²) in [4.78, 5) is 1.41. The van der Waals surface area contributed by atoms with E-state index in [1.54, 1.807) is 7.05 Å². The first kappa shape index (κ1) is 16.3. The first-order valence-corrected chi connectivity index (χ1v) is 6.84. The summed E-state index contributed by atoms with van der Waals surface area (Å²) >= 11 is 0. The largest absolute Gasteiger partial charge is 0.401 e. The van der Waals surface area contributed by atoms with Crippen LogP contribution in [0.25, 0.3) is 0 Å². The zero-order valence-electron chi connectivity index (χ0n) is 11.9. The van der Waals surface area contributed by atoms with E-state index in [4.69, 9.17) is 5.26 Å². The lowest BCUT2D eigenvalue weighted by atomic mass is 9.64. The molecule has 1 saturated carbocycles. The van der Waals surface area contributed by atoms with Crippen LogP contribution in [0.2, 0.25) is 0 Å². The lowest BCUT2D eigenvalue weighted by molar-refractivity contribution is -0.149. The van der Waals surface area contributed by atoms with Gasteiger partial charge in [0, 0.05) is 12.5 Å². The molecule has 5 heteroatoms. The minimum atomic E-state index is -4.13. The van der Waals surface area contributed by atoms with E-state index in [9.17, 15) is 13.2 Å². The fraction of sp³-hybridized carbons (Fsp3) is 0.929. The van der Waals surface area contributed by atoms with Crippen LogP contribution >= 0.6 is 0 Å². The molecule has 0 atom stereocenters. The van der Waals surface area contributed by atoms with Crippen molar-refractivity contribution in [1.29, 1.82) is 5.26 Å². The maximum atomic E-state index is 12.4. The average Bonchev–Trinajstić information content (AvgIpc) is 2.27. The zero-order valence-corrected chi connectivity index (χ0v) is 11.9. The van der Waals surface area contributed by atoms with Crippen LogP contribution in [-0.2, 0) is 0 Å². The van der Waals surface area contributed by atoms with Crippen LogP contribution < -0.4 is 0 Å². The van der Waals surface area contributed by atoms with Crippen LogP contribution in [0.15, 0.2) is 0 Å². The first-order chi connectivity index (χ1) is 8.70. The first-order valence-electron chi connectivity index (χ1n) is 6.84. The third-order valence-corrected chi connectivity index (χ3v) is 4.66. The Kier molecular flexibility index (Phi) is 5.26. The molecule has 0 unspecified atom stereocenters. The predicted octanol–water partition coefficient (Wildman–Crippen LogP) is 3.98. The van der Waals surface area contributed by atoms with Gasteiger partial charge in [-0.3, -0.25) is 4.90 Å². The van der Waals surface area contributed by atoms with E-state index in [0.29, 0.717) is 12.3 Å². The van der Waals surface area contributed by atoms with Gasteiger partial charge >= 0.3 is 6.18 Å². The summed E-state index contributed by atoms with van der Waals surface area (Å²) in [6.45, 7) is 3.37. The third kappa shape index (κ3) is 4.38. The number of rotatable bonds is 4. The van der Waals surface area contributed by atoms with Crippen LogP contribution in [0, 0.1) is 22.7 Å². The van der Waals surface area contributed by atoms with E-state index in [1.807, 2.05) is 0 Å². The highest BCUT2D eigenvalue weighted by molar-refractivity contribution is 4.96. The van der Waals surface area contributed by atoms with E-state index < -0.39 is 12.7 Å². The predicted molar refractivity (Wildman–Crippen MR) is 68.4 cm³/mol. The monoisotopic (exact) mass is 276 g/mol. The maximum absolute atomic E-state index is 12.4. The van der Waals surface area contributed by atoms with Crippen LogP contribution in [0.5, 0.6) is 0 Å². The van der Waals surface area contributed by atoms with Gasteiger partial charge in [0.1, 0.15) is 0 Å². The molecule has 1 fully saturated rings. The van der Waals surface area contributed by atoms with Crippen molar-refractivity contribution >= 4 is 0 Å². The summed E-state index contributed by atoms with van der Waals surface area (Å²) in [5.74, 6) is 0.404. The van der Waals surface area contributed by atoms with Crippen LogP contribution in [-0.4, -0.2) is 30.7 Å². The van der Waals surface area contributed by atoms with Gasteiger partial charge in [0.05, 0.1) is 12.6 Å². The maximum Gasteiger partial charge on any atom is 0.401 e. The summed E-state index contributed by atoms with van der Waals surface area (Å²) < 4.78 is 37.1. The number of nitriles is 1. The summed E-state index contributed by atoms with van der Waals surface area (Å²) in [6.07, 6.45) is -0.399. The van der Waals surface area contributed by atoms with Gasteiger partial charge in [-0.1, -0.05) is 13.8 Å². The van der Waals surface area contributed by atoms with Gasteiger partial charge in [-0.05, 0) is 44.1 Å². The Labute approximate surface area is 113 Å². The normalized spacial score (nSPS) is 28.7. The molecule has 0 aliphatic heterocycles. The molecule has 0 aromatic carbocycles. The summed E-state index contributed by atoms with van der Waals surface area (Å²) in [7, 11) is 1.55. The average molecular weight is 276 g/mol. The van der Waals surface area contributed by atoms with Crippen LogP contribution in [0.1, 0.15) is 46.0 Å². The molecule has 1 aliphatic carbocycles. The fourth-order valence-corrected chi connectivity index (χ4v) is 3.15. The van der Waals surface area contributed by atoms with Gasteiger partial charge in [-0.25, -0.2) is 0 Å². The van der Waals surface area contributed by atoms with E-state index >= 15 is 0 Å². The molecule has 0 aromatic heterocycles. The van der Waals surface area contributed by atoms with Crippen LogP contribution in [0.3, 0.4) is 0 Å². The number of hydrogen-bond donors (Lipinski definition) is 0. The molecule has 0 bridgehead atoms. The van der Waals surface area contributed by atoms with E-state index in [2.05, 4.69) is 19.9 Å². The molecule has 110 valence electrons. The Hall–Kier alpha value is -0.760. The molecule has 0 N–H and O–H groups in total. The molecule has 0 amide bonds.